The van der Waals surface area contributed by atoms with Crippen molar-refractivity contribution < 1.29 is 0 Å². The van der Waals surface area contributed by atoms with Crippen LogP contribution in [0.25, 0.3) is 0 Å². The summed E-state index contributed by atoms with van der Waals surface area (Å²) in [5.74, 6) is 0. The predicted molar refractivity (Wildman–Crippen MR) is 62.3 cm³/mol. The zero-order chi connectivity index (χ0) is 10.2. The second-order valence-corrected chi connectivity index (χ2v) is 7.02. The van der Waals surface area contributed by atoms with Crippen LogP contribution in [-0.4, -0.2) is 3.66 Å². The van der Waals surface area contributed by atoms with E-state index in [1.54, 1.807) is 11.8 Å². The molecule has 0 radical (unpaired) electrons. The van der Waals surface area contributed by atoms with Crippen molar-refractivity contribution in [3.8, 4) is 6.07 Å². The minimum Gasteiger partial charge on any atom is -0.198 e. The zero-order valence-corrected chi connectivity index (χ0v) is 10.2. The van der Waals surface area contributed by atoms with Crippen LogP contribution < -0.4 is 0 Å². The number of alkyl halides is 1. The van der Waals surface area contributed by atoms with E-state index in [4.69, 9.17) is 5.26 Å². The Balaban J connectivity index is 2.12. The molecule has 0 bridgehead atoms. The summed E-state index contributed by atoms with van der Waals surface area (Å²) < 4.78 is -0.0733. The molecule has 0 amide bonds. The van der Waals surface area contributed by atoms with Crippen molar-refractivity contribution in [2.75, 3.05) is 0 Å². The lowest BCUT2D eigenvalue weighted by Crippen LogP contribution is -2.03. The Morgan fingerprint density at radius 2 is 2.07 bits per heavy atom. The van der Waals surface area contributed by atoms with Gasteiger partial charge in [-0.05, 0) is 25.5 Å². The van der Waals surface area contributed by atoms with E-state index in [-0.39, 0.29) is 9.07 Å². The van der Waals surface area contributed by atoms with Crippen molar-refractivity contribution in [3.63, 3.8) is 0 Å². The van der Waals surface area contributed by atoms with Crippen LogP contribution in [-0.2, 0) is 0 Å². The summed E-state index contributed by atoms with van der Waals surface area (Å²) >= 11 is 5.39. The molecule has 1 aliphatic carbocycles. The van der Waals surface area contributed by atoms with Crippen molar-refractivity contribution in [2.45, 2.75) is 21.9 Å². The van der Waals surface area contributed by atoms with E-state index < -0.39 is 0 Å². The normalized spacial score (nSPS) is 34.9. The smallest absolute Gasteiger partial charge is 0.0954 e. The molecule has 0 aliphatic heterocycles. The van der Waals surface area contributed by atoms with Gasteiger partial charge in [-0.1, -0.05) is 34.1 Å². The highest BCUT2D eigenvalue weighted by Gasteiger charge is 2.64. The van der Waals surface area contributed by atoms with E-state index in [2.05, 4.69) is 34.1 Å². The second kappa shape index (κ2) is 3.29. The highest BCUT2D eigenvalue weighted by Crippen LogP contribution is 2.69. The maximum atomic E-state index is 8.99. The van der Waals surface area contributed by atoms with Gasteiger partial charge < -0.3 is 0 Å². The van der Waals surface area contributed by atoms with E-state index >= 15 is 0 Å². The quantitative estimate of drug-likeness (QED) is 0.762. The summed E-state index contributed by atoms with van der Waals surface area (Å²) in [6.07, 6.45) is 0.913. The maximum Gasteiger partial charge on any atom is 0.0954 e. The van der Waals surface area contributed by atoms with Crippen LogP contribution in [0.4, 0.5) is 0 Å². The van der Waals surface area contributed by atoms with Gasteiger partial charge in [-0.15, -0.1) is 11.8 Å². The molecule has 0 N–H and O–H groups in total. The van der Waals surface area contributed by atoms with Crippen LogP contribution in [0, 0.1) is 16.7 Å². The van der Waals surface area contributed by atoms with Crippen molar-refractivity contribution in [3.05, 3.63) is 30.3 Å². The standard InChI is InChI=1S/C11H10BrNS/c1-10(8-13)7-11(10,12)14-9-5-3-2-4-6-9/h2-6H,7H2,1H3/t10-,11-/m0/s1. The molecule has 2 rings (SSSR count). The molecule has 72 valence electrons. The Morgan fingerprint density at radius 3 is 2.57 bits per heavy atom. The monoisotopic (exact) mass is 267 g/mol. The third-order valence-corrected chi connectivity index (χ3v) is 5.62. The summed E-state index contributed by atoms with van der Waals surface area (Å²) in [6, 6.07) is 12.5. The summed E-state index contributed by atoms with van der Waals surface area (Å²) in [5.41, 5.74) is -0.215. The summed E-state index contributed by atoms with van der Waals surface area (Å²) in [4.78, 5) is 1.21. The minimum absolute atomic E-state index is 0.0733. The fraction of sp³-hybridized carbons (Fsp3) is 0.364. The van der Waals surface area contributed by atoms with Gasteiger partial charge in [0.25, 0.3) is 0 Å². The molecule has 3 heteroatoms. The molecule has 0 heterocycles. The molecule has 2 atom stereocenters. The molecule has 1 saturated carbocycles. The SMILES string of the molecule is C[C@@]1(C#N)C[C@]1(Br)Sc1ccccc1. The van der Waals surface area contributed by atoms with Crippen LogP contribution >= 0.6 is 27.7 Å². The highest BCUT2D eigenvalue weighted by atomic mass is 79.9. The highest BCUT2D eigenvalue weighted by molar-refractivity contribution is 9.12. The van der Waals surface area contributed by atoms with Crippen molar-refractivity contribution in [1.29, 1.82) is 5.26 Å². The van der Waals surface area contributed by atoms with Gasteiger partial charge in [0.15, 0.2) is 0 Å². The maximum absolute atomic E-state index is 8.99. The molecule has 1 aliphatic rings. The first kappa shape index (κ1) is 10.1. The Morgan fingerprint density at radius 1 is 1.43 bits per heavy atom. The third-order valence-electron chi connectivity index (χ3n) is 2.55. The molecular weight excluding hydrogens is 258 g/mol. The largest absolute Gasteiger partial charge is 0.198 e. The van der Waals surface area contributed by atoms with Crippen LogP contribution in [0.15, 0.2) is 35.2 Å². The number of rotatable bonds is 2. The van der Waals surface area contributed by atoms with Gasteiger partial charge in [0.05, 0.1) is 15.1 Å². The van der Waals surface area contributed by atoms with Gasteiger partial charge >= 0.3 is 0 Å². The van der Waals surface area contributed by atoms with Gasteiger partial charge in [0.2, 0.25) is 0 Å². The molecule has 0 spiro atoms. The number of halogens is 1. The van der Waals surface area contributed by atoms with Crippen molar-refractivity contribution in [1.82, 2.24) is 0 Å². The Bertz CT molecular complexity index is 386. The first-order valence-electron chi connectivity index (χ1n) is 4.44. The van der Waals surface area contributed by atoms with Crippen molar-refractivity contribution in [2.24, 2.45) is 5.41 Å². The third kappa shape index (κ3) is 1.57. The van der Waals surface area contributed by atoms with Gasteiger partial charge in [-0.3, -0.25) is 0 Å². The molecule has 1 nitrogen and oxygen atoms in total. The van der Waals surface area contributed by atoms with E-state index in [0.717, 1.165) is 6.42 Å². The molecule has 1 aromatic carbocycles. The lowest BCUT2D eigenvalue weighted by Gasteiger charge is -2.10. The number of nitriles is 1. The summed E-state index contributed by atoms with van der Waals surface area (Å²) in [6.45, 7) is 2.00. The molecule has 1 aromatic rings. The van der Waals surface area contributed by atoms with Gasteiger partial charge in [0, 0.05) is 4.90 Å². The molecule has 14 heavy (non-hydrogen) atoms. The van der Waals surface area contributed by atoms with Gasteiger partial charge in [-0.2, -0.15) is 5.26 Å². The average molecular weight is 268 g/mol. The average Bonchev–Trinajstić information content (AvgIpc) is 2.71. The fourth-order valence-electron chi connectivity index (χ4n) is 1.36. The van der Waals surface area contributed by atoms with Gasteiger partial charge in [0.1, 0.15) is 0 Å². The van der Waals surface area contributed by atoms with E-state index in [0.29, 0.717) is 0 Å². The molecule has 1 fully saturated rings. The second-order valence-electron chi connectivity index (χ2n) is 3.76. The minimum atomic E-state index is -0.215. The summed E-state index contributed by atoms with van der Waals surface area (Å²) in [7, 11) is 0. The number of hydrogen-bond acceptors (Lipinski definition) is 2. The van der Waals surface area contributed by atoms with Gasteiger partial charge in [-0.25, -0.2) is 0 Å². The van der Waals surface area contributed by atoms with E-state index in [1.807, 2.05) is 25.1 Å². The summed E-state index contributed by atoms with van der Waals surface area (Å²) in [5, 5.41) is 8.99. The lowest BCUT2D eigenvalue weighted by atomic mass is 10.2. The Hall–Kier alpha value is -0.460. The first-order chi connectivity index (χ1) is 6.60. The molecule has 0 saturated heterocycles. The number of hydrogen-bond donors (Lipinski definition) is 0. The number of thioether (sulfide) groups is 1. The van der Waals surface area contributed by atoms with Crippen LogP contribution in [0.1, 0.15) is 13.3 Å². The first-order valence-corrected chi connectivity index (χ1v) is 6.05. The van der Waals surface area contributed by atoms with E-state index in [9.17, 15) is 0 Å². The topological polar surface area (TPSA) is 23.8 Å². The van der Waals surface area contributed by atoms with Crippen molar-refractivity contribution >= 4 is 27.7 Å². The lowest BCUT2D eigenvalue weighted by molar-refractivity contribution is 0.762. The molecule has 0 unspecified atom stereocenters. The fourth-order valence-corrected chi connectivity index (χ4v) is 3.87. The Labute approximate surface area is 96.6 Å². The van der Waals surface area contributed by atoms with E-state index in [1.165, 1.54) is 4.90 Å². The van der Waals surface area contributed by atoms with Crippen LogP contribution in [0.2, 0.25) is 0 Å². The predicted octanol–water partition coefficient (Wildman–Crippen LogP) is 3.80. The number of benzene rings is 1. The zero-order valence-electron chi connectivity index (χ0n) is 7.83. The van der Waals surface area contributed by atoms with Crippen LogP contribution in [0.5, 0.6) is 0 Å². The molecule has 0 aromatic heterocycles. The van der Waals surface area contributed by atoms with Crippen LogP contribution in [0.3, 0.4) is 0 Å². The molecular formula is C11H10BrNS. The Kier molecular flexibility index (Phi) is 2.36. The number of nitrogens with zero attached hydrogens (tertiary/aromatic N) is 1.